The Morgan fingerprint density at radius 2 is 1.68 bits per heavy atom. The van der Waals surface area contributed by atoms with Crippen LogP contribution in [0.4, 0.5) is 10.1 Å². The van der Waals surface area contributed by atoms with Crippen molar-refractivity contribution in [1.82, 2.24) is 5.43 Å². The number of nitrogens with one attached hydrogen (secondary N) is 1. The van der Waals surface area contributed by atoms with E-state index in [0.29, 0.717) is 5.69 Å². The van der Waals surface area contributed by atoms with Crippen molar-refractivity contribution in [2.24, 2.45) is 5.10 Å². The van der Waals surface area contributed by atoms with E-state index in [9.17, 15) is 17.6 Å². The molecule has 160 valence electrons. The maximum Gasteiger partial charge on any atom is 0.264 e. The van der Waals surface area contributed by atoms with E-state index < -0.39 is 28.3 Å². The molecule has 0 aliphatic heterocycles. The van der Waals surface area contributed by atoms with Crippen LogP contribution in [-0.2, 0) is 14.8 Å². The van der Waals surface area contributed by atoms with E-state index in [-0.39, 0.29) is 10.5 Å². The molecule has 0 aliphatic carbocycles. The van der Waals surface area contributed by atoms with Crippen LogP contribution in [0.15, 0.2) is 82.8 Å². The van der Waals surface area contributed by atoms with Gasteiger partial charge in [-0.1, -0.05) is 48.5 Å². The maximum atomic E-state index is 13.7. The molecule has 3 rings (SSSR count). The third kappa shape index (κ3) is 5.16. The number of aryl methyl sites for hydroxylation is 1. The lowest BCUT2D eigenvalue weighted by molar-refractivity contribution is -0.119. The first-order valence-corrected chi connectivity index (χ1v) is 10.9. The number of rotatable bonds is 7. The number of anilines is 1. The number of carbonyl (C=O) groups is 1. The van der Waals surface area contributed by atoms with Gasteiger partial charge in [-0.3, -0.25) is 9.10 Å². The number of halogens is 1. The first kappa shape index (κ1) is 22.2. The minimum atomic E-state index is -4.01. The van der Waals surface area contributed by atoms with Gasteiger partial charge in [-0.05, 0) is 49.2 Å². The average molecular weight is 440 g/mol. The van der Waals surface area contributed by atoms with Gasteiger partial charge in [-0.25, -0.2) is 18.2 Å². The van der Waals surface area contributed by atoms with Crippen molar-refractivity contribution in [1.29, 1.82) is 0 Å². The van der Waals surface area contributed by atoms with Crippen LogP contribution in [-0.4, -0.2) is 27.1 Å². The molecule has 0 aromatic heterocycles. The van der Waals surface area contributed by atoms with Crippen molar-refractivity contribution < 1.29 is 17.6 Å². The van der Waals surface area contributed by atoms with Gasteiger partial charge in [0.25, 0.3) is 15.9 Å². The van der Waals surface area contributed by atoms with Crippen LogP contribution in [0.5, 0.6) is 0 Å². The third-order valence-electron chi connectivity index (χ3n) is 4.76. The molecule has 0 saturated heterocycles. The highest BCUT2D eigenvalue weighted by Gasteiger charge is 2.28. The van der Waals surface area contributed by atoms with Gasteiger partial charge in [0.05, 0.1) is 16.8 Å². The summed E-state index contributed by atoms with van der Waals surface area (Å²) in [4.78, 5) is 12.6. The van der Waals surface area contributed by atoms with Gasteiger partial charge in [0.1, 0.15) is 12.4 Å². The Bertz CT molecular complexity index is 1210. The Morgan fingerprint density at radius 1 is 1.00 bits per heavy atom. The lowest BCUT2D eigenvalue weighted by Crippen LogP contribution is -2.40. The molecule has 1 amide bonds. The number of amides is 1. The number of nitrogens with zero attached hydrogens (tertiary/aromatic N) is 2. The Labute approximate surface area is 181 Å². The number of hydrazone groups is 1. The first-order chi connectivity index (χ1) is 14.8. The number of carbonyl (C=O) groups excluding carboxylic acids is 1. The highest BCUT2D eigenvalue weighted by atomic mass is 32.2. The minimum absolute atomic E-state index is 0.0681. The van der Waals surface area contributed by atoms with Crippen LogP contribution < -0.4 is 9.73 Å². The first-order valence-electron chi connectivity index (χ1n) is 9.51. The summed E-state index contributed by atoms with van der Waals surface area (Å²) in [5, 5.41) is 3.76. The zero-order valence-corrected chi connectivity index (χ0v) is 17.9. The molecule has 8 heteroatoms. The normalized spacial score (nSPS) is 11.5. The van der Waals surface area contributed by atoms with Crippen molar-refractivity contribution in [3.05, 3.63) is 95.3 Å². The predicted molar refractivity (Wildman–Crippen MR) is 119 cm³/mol. The van der Waals surface area contributed by atoms with Crippen LogP contribution >= 0.6 is 0 Å². The molecule has 1 N–H and O–H groups in total. The Balaban J connectivity index is 1.89. The minimum Gasteiger partial charge on any atom is -0.271 e. The largest absolute Gasteiger partial charge is 0.271 e. The van der Waals surface area contributed by atoms with Gasteiger partial charge in [0, 0.05) is 5.56 Å². The summed E-state index contributed by atoms with van der Waals surface area (Å²) in [5.41, 5.74) is 4.51. The highest BCUT2D eigenvalue weighted by Crippen LogP contribution is 2.28. The van der Waals surface area contributed by atoms with E-state index >= 15 is 0 Å². The fourth-order valence-electron chi connectivity index (χ4n) is 2.94. The molecule has 0 saturated carbocycles. The van der Waals surface area contributed by atoms with E-state index in [1.54, 1.807) is 49.4 Å². The lowest BCUT2D eigenvalue weighted by Gasteiger charge is -2.26. The second kappa shape index (κ2) is 9.53. The summed E-state index contributed by atoms with van der Waals surface area (Å²) < 4.78 is 41.4. The molecule has 0 aliphatic rings. The van der Waals surface area contributed by atoms with Crippen molar-refractivity contribution in [2.45, 2.75) is 18.7 Å². The zero-order chi connectivity index (χ0) is 22.4. The highest BCUT2D eigenvalue weighted by molar-refractivity contribution is 7.92. The lowest BCUT2D eigenvalue weighted by atomic mass is 10.1. The van der Waals surface area contributed by atoms with Crippen LogP contribution in [0.25, 0.3) is 0 Å². The van der Waals surface area contributed by atoms with Crippen molar-refractivity contribution in [2.75, 3.05) is 10.8 Å². The maximum absolute atomic E-state index is 13.7. The topological polar surface area (TPSA) is 78.8 Å². The molecule has 0 fully saturated rings. The number of hydrogen-bond donors (Lipinski definition) is 1. The van der Waals surface area contributed by atoms with Crippen molar-refractivity contribution >= 4 is 27.8 Å². The summed E-state index contributed by atoms with van der Waals surface area (Å²) in [6, 6.07) is 19.1. The molecule has 0 spiro atoms. The molecule has 6 nitrogen and oxygen atoms in total. The van der Waals surface area contributed by atoms with Gasteiger partial charge in [-0.2, -0.15) is 5.10 Å². The van der Waals surface area contributed by atoms with Gasteiger partial charge in [0.15, 0.2) is 0 Å². The van der Waals surface area contributed by atoms with E-state index in [0.717, 1.165) is 15.4 Å². The fraction of sp³-hybridized carbons (Fsp3) is 0.130. The quantitative estimate of drug-likeness (QED) is 0.449. The zero-order valence-electron chi connectivity index (χ0n) is 17.1. The molecular formula is C23H22FN3O3S. The molecule has 0 heterocycles. The van der Waals surface area contributed by atoms with E-state index in [2.05, 4.69) is 10.5 Å². The standard InChI is InChI=1S/C23H22FN3O3S/c1-17-9-8-14-22(18(17)2)27(31(29,30)20-11-4-3-5-12-20)16-23(28)26-25-15-19-10-6-7-13-21(19)24/h3-15H,16H2,1-2H3,(H,26,28). The summed E-state index contributed by atoms with van der Waals surface area (Å²) in [6.45, 7) is 3.17. The smallest absolute Gasteiger partial charge is 0.264 e. The molecule has 0 bridgehead atoms. The van der Waals surface area contributed by atoms with Gasteiger partial charge in [-0.15, -0.1) is 0 Å². The molecule has 31 heavy (non-hydrogen) atoms. The number of benzene rings is 3. The predicted octanol–water partition coefficient (Wildman–Crippen LogP) is 3.79. The molecular weight excluding hydrogens is 417 g/mol. The Morgan fingerprint density at radius 3 is 2.39 bits per heavy atom. The van der Waals surface area contributed by atoms with Crippen molar-refractivity contribution in [3.8, 4) is 0 Å². The fourth-order valence-corrected chi connectivity index (χ4v) is 4.44. The second-order valence-corrected chi connectivity index (χ2v) is 8.72. The van der Waals surface area contributed by atoms with Gasteiger partial charge < -0.3 is 0 Å². The monoisotopic (exact) mass is 439 g/mol. The molecule has 0 atom stereocenters. The molecule has 3 aromatic carbocycles. The molecule has 3 aromatic rings. The van der Waals surface area contributed by atoms with Crippen LogP contribution in [0.1, 0.15) is 16.7 Å². The summed E-state index contributed by atoms with van der Waals surface area (Å²) >= 11 is 0. The van der Waals surface area contributed by atoms with Crippen molar-refractivity contribution in [3.63, 3.8) is 0 Å². The summed E-state index contributed by atoms with van der Waals surface area (Å²) in [7, 11) is -4.01. The SMILES string of the molecule is Cc1cccc(N(CC(=O)NN=Cc2ccccc2F)S(=O)(=O)c2ccccc2)c1C. The summed E-state index contributed by atoms with van der Waals surface area (Å²) in [5.74, 6) is -1.14. The van der Waals surface area contributed by atoms with Gasteiger partial charge >= 0.3 is 0 Å². The number of hydrogen-bond acceptors (Lipinski definition) is 4. The van der Waals surface area contributed by atoms with Crippen LogP contribution in [0.3, 0.4) is 0 Å². The average Bonchev–Trinajstić information content (AvgIpc) is 2.76. The molecule has 0 radical (unpaired) electrons. The van der Waals surface area contributed by atoms with Gasteiger partial charge in [0.2, 0.25) is 0 Å². The summed E-state index contributed by atoms with van der Waals surface area (Å²) in [6.07, 6.45) is 1.17. The molecule has 0 unspecified atom stereocenters. The number of sulfonamides is 1. The van der Waals surface area contributed by atoms with E-state index in [1.807, 2.05) is 13.0 Å². The van der Waals surface area contributed by atoms with Crippen LogP contribution in [0, 0.1) is 19.7 Å². The third-order valence-corrected chi connectivity index (χ3v) is 6.54. The van der Waals surface area contributed by atoms with E-state index in [1.165, 1.54) is 30.5 Å². The van der Waals surface area contributed by atoms with Crippen LogP contribution in [0.2, 0.25) is 0 Å². The Kier molecular flexibility index (Phi) is 6.81. The second-order valence-electron chi connectivity index (χ2n) is 6.86. The van der Waals surface area contributed by atoms with E-state index in [4.69, 9.17) is 0 Å². The Hall–Kier alpha value is -3.52.